The minimum absolute atomic E-state index is 0.172. The average Bonchev–Trinajstić information content (AvgIpc) is 2.28. The van der Waals surface area contributed by atoms with Crippen LogP contribution in [0.15, 0.2) is 18.2 Å². The molecule has 3 heteroatoms. The summed E-state index contributed by atoms with van der Waals surface area (Å²) in [4.78, 5) is 11.8. The maximum Gasteiger partial charge on any atom is 0.172 e. The van der Waals surface area contributed by atoms with E-state index in [1.165, 1.54) is 5.56 Å². The minimum atomic E-state index is 0.172. The first kappa shape index (κ1) is 13.3. The monoisotopic (exact) mass is 238 g/mol. The second kappa shape index (κ2) is 6.71. The summed E-state index contributed by atoms with van der Waals surface area (Å²) in [6, 6.07) is 5.82. The van der Waals surface area contributed by atoms with Crippen LogP contribution in [0.2, 0.25) is 0 Å². The maximum atomic E-state index is 11.8. The van der Waals surface area contributed by atoms with Gasteiger partial charge in [-0.3, -0.25) is 4.79 Å². The molecule has 16 heavy (non-hydrogen) atoms. The van der Waals surface area contributed by atoms with Gasteiger partial charge in [-0.05, 0) is 43.2 Å². The number of aliphatic hydroxyl groups excluding tert-OH is 1. The van der Waals surface area contributed by atoms with Gasteiger partial charge in [0.1, 0.15) is 0 Å². The van der Waals surface area contributed by atoms with Crippen LogP contribution in [0.4, 0.5) is 0 Å². The third-order valence-corrected chi connectivity index (χ3v) is 3.55. The first-order chi connectivity index (χ1) is 7.65. The lowest BCUT2D eigenvalue weighted by atomic mass is 10.0. The Morgan fingerprint density at radius 2 is 2.06 bits per heavy atom. The fraction of sp³-hybridized carbons (Fsp3) is 0.462. The predicted molar refractivity (Wildman–Crippen MR) is 69.3 cm³/mol. The SMILES string of the molecule is Cc1ccc(C(=O)CSCCCO)cc1C. The summed E-state index contributed by atoms with van der Waals surface area (Å²) in [7, 11) is 0. The van der Waals surface area contributed by atoms with Crippen molar-refractivity contribution in [2.24, 2.45) is 0 Å². The molecular weight excluding hydrogens is 220 g/mol. The van der Waals surface area contributed by atoms with Crippen molar-refractivity contribution >= 4 is 17.5 Å². The van der Waals surface area contributed by atoms with Gasteiger partial charge >= 0.3 is 0 Å². The van der Waals surface area contributed by atoms with Gasteiger partial charge in [-0.2, -0.15) is 11.8 Å². The number of aliphatic hydroxyl groups is 1. The van der Waals surface area contributed by atoms with Crippen LogP contribution in [0.25, 0.3) is 0 Å². The Bertz CT molecular complexity index is 361. The largest absolute Gasteiger partial charge is 0.396 e. The summed E-state index contributed by atoms with van der Waals surface area (Å²) < 4.78 is 0. The molecular formula is C13H18O2S. The quantitative estimate of drug-likeness (QED) is 0.611. The van der Waals surface area contributed by atoms with Gasteiger partial charge in [-0.1, -0.05) is 12.1 Å². The lowest BCUT2D eigenvalue weighted by Gasteiger charge is -2.04. The summed E-state index contributed by atoms with van der Waals surface area (Å²) in [6.45, 7) is 4.26. The van der Waals surface area contributed by atoms with E-state index in [4.69, 9.17) is 5.11 Å². The Morgan fingerprint density at radius 1 is 1.31 bits per heavy atom. The van der Waals surface area contributed by atoms with Crippen molar-refractivity contribution in [2.45, 2.75) is 20.3 Å². The second-order valence-corrected chi connectivity index (χ2v) is 4.96. The molecule has 1 aromatic rings. The molecule has 0 heterocycles. The third kappa shape index (κ3) is 3.99. The van der Waals surface area contributed by atoms with Crippen molar-refractivity contribution in [1.82, 2.24) is 0 Å². The van der Waals surface area contributed by atoms with Gasteiger partial charge in [-0.15, -0.1) is 0 Å². The van der Waals surface area contributed by atoms with Crippen molar-refractivity contribution in [1.29, 1.82) is 0 Å². The molecule has 0 aliphatic heterocycles. The van der Waals surface area contributed by atoms with Crippen molar-refractivity contribution < 1.29 is 9.90 Å². The zero-order valence-corrected chi connectivity index (χ0v) is 10.6. The van der Waals surface area contributed by atoms with E-state index in [0.717, 1.165) is 23.3 Å². The first-order valence-electron chi connectivity index (χ1n) is 5.44. The normalized spacial score (nSPS) is 10.4. The third-order valence-electron chi connectivity index (χ3n) is 2.51. The van der Waals surface area contributed by atoms with Gasteiger partial charge in [0.2, 0.25) is 0 Å². The Kier molecular flexibility index (Phi) is 5.56. The topological polar surface area (TPSA) is 37.3 Å². The number of carbonyl (C=O) groups is 1. The maximum absolute atomic E-state index is 11.8. The molecule has 0 saturated heterocycles. The zero-order chi connectivity index (χ0) is 12.0. The Morgan fingerprint density at radius 3 is 2.69 bits per heavy atom. The molecule has 0 aromatic heterocycles. The number of aryl methyl sites for hydroxylation is 2. The molecule has 0 spiro atoms. The van der Waals surface area contributed by atoms with Gasteiger partial charge in [0.05, 0.1) is 5.75 Å². The van der Waals surface area contributed by atoms with Crippen LogP contribution in [0.3, 0.4) is 0 Å². The highest BCUT2D eigenvalue weighted by Gasteiger charge is 2.06. The van der Waals surface area contributed by atoms with E-state index in [1.807, 2.05) is 32.0 Å². The molecule has 0 aliphatic rings. The number of benzene rings is 1. The van der Waals surface area contributed by atoms with Gasteiger partial charge in [0, 0.05) is 12.2 Å². The molecule has 0 aliphatic carbocycles. The predicted octanol–water partition coefficient (Wildman–Crippen LogP) is 2.60. The fourth-order valence-corrected chi connectivity index (χ4v) is 2.16. The summed E-state index contributed by atoms with van der Waals surface area (Å²) in [5, 5.41) is 8.62. The number of thioether (sulfide) groups is 1. The highest BCUT2D eigenvalue weighted by Crippen LogP contribution is 2.13. The van der Waals surface area contributed by atoms with E-state index in [1.54, 1.807) is 11.8 Å². The van der Waals surface area contributed by atoms with E-state index >= 15 is 0 Å². The smallest absolute Gasteiger partial charge is 0.172 e. The lowest BCUT2D eigenvalue weighted by molar-refractivity contribution is 0.102. The van der Waals surface area contributed by atoms with E-state index < -0.39 is 0 Å². The van der Waals surface area contributed by atoms with Crippen LogP contribution in [-0.4, -0.2) is 29.0 Å². The molecule has 88 valence electrons. The molecule has 2 nitrogen and oxygen atoms in total. The van der Waals surface area contributed by atoms with Crippen LogP contribution in [0.5, 0.6) is 0 Å². The fourth-order valence-electron chi connectivity index (χ4n) is 1.33. The van der Waals surface area contributed by atoms with E-state index in [-0.39, 0.29) is 12.4 Å². The first-order valence-corrected chi connectivity index (χ1v) is 6.59. The molecule has 0 unspecified atom stereocenters. The van der Waals surface area contributed by atoms with Gasteiger partial charge < -0.3 is 5.11 Å². The standard InChI is InChI=1S/C13H18O2S/c1-10-4-5-12(8-11(10)2)13(15)9-16-7-3-6-14/h4-5,8,14H,3,6-7,9H2,1-2H3. The van der Waals surface area contributed by atoms with Crippen molar-refractivity contribution in [3.8, 4) is 0 Å². The summed E-state index contributed by atoms with van der Waals surface area (Å²) in [5.74, 6) is 1.52. The summed E-state index contributed by atoms with van der Waals surface area (Å²) >= 11 is 1.58. The van der Waals surface area contributed by atoms with Gasteiger partial charge in [0.15, 0.2) is 5.78 Å². The number of carbonyl (C=O) groups excluding carboxylic acids is 1. The van der Waals surface area contributed by atoms with Crippen LogP contribution in [0, 0.1) is 13.8 Å². The molecule has 0 saturated carbocycles. The number of ketones is 1. The van der Waals surface area contributed by atoms with Crippen molar-refractivity contribution in [3.63, 3.8) is 0 Å². The number of Topliss-reactive ketones (excluding diaryl/α,β-unsaturated/α-hetero) is 1. The van der Waals surface area contributed by atoms with E-state index in [0.29, 0.717) is 5.75 Å². The highest BCUT2D eigenvalue weighted by molar-refractivity contribution is 7.99. The van der Waals surface area contributed by atoms with Gasteiger partial charge in [-0.25, -0.2) is 0 Å². The number of rotatable bonds is 6. The molecule has 0 bridgehead atoms. The molecule has 0 radical (unpaired) electrons. The van der Waals surface area contributed by atoms with Crippen LogP contribution in [-0.2, 0) is 0 Å². The lowest BCUT2D eigenvalue weighted by Crippen LogP contribution is -2.04. The summed E-state index contributed by atoms with van der Waals surface area (Å²) in [5.41, 5.74) is 3.16. The number of hydrogen-bond donors (Lipinski definition) is 1. The zero-order valence-electron chi connectivity index (χ0n) is 9.82. The second-order valence-electron chi connectivity index (χ2n) is 3.85. The average molecular weight is 238 g/mol. The van der Waals surface area contributed by atoms with Gasteiger partial charge in [0.25, 0.3) is 0 Å². The Hall–Kier alpha value is -0.800. The Labute approximate surface area is 101 Å². The van der Waals surface area contributed by atoms with Crippen molar-refractivity contribution in [3.05, 3.63) is 34.9 Å². The number of hydrogen-bond acceptors (Lipinski definition) is 3. The molecule has 1 N–H and O–H groups in total. The highest BCUT2D eigenvalue weighted by atomic mass is 32.2. The van der Waals surface area contributed by atoms with E-state index in [9.17, 15) is 4.79 Å². The Balaban J connectivity index is 2.50. The van der Waals surface area contributed by atoms with Crippen LogP contribution >= 0.6 is 11.8 Å². The molecule has 1 aromatic carbocycles. The molecule has 1 rings (SSSR count). The molecule has 0 fully saturated rings. The molecule has 0 amide bonds. The minimum Gasteiger partial charge on any atom is -0.396 e. The van der Waals surface area contributed by atoms with Crippen molar-refractivity contribution in [2.75, 3.05) is 18.1 Å². The molecule has 0 atom stereocenters. The van der Waals surface area contributed by atoms with E-state index in [2.05, 4.69) is 0 Å². The summed E-state index contributed by atoms with van der Waals surface area (Å²) in [6.07, 6.45) is 0.755. The van der Waals surface area contributed by atoms with Crippen LogP contribution in [0.1, 0.15) is 27.9 Å². The van der Waals surface area contributed by atoms with Crippen LogP contribution < -0.4 is 0 Å².